The van der Waals surface area contributed by atoms with Gasteiger partial charge in [-0.15, -0.1) is 10.2 Å². The van der Waals surface area contributed by atoms with Crippen LogP contribution in [0.1, 0.15) is 5.69 Å². The van der Waals surface area contributed by atoms with E-state index in [0.29, 0.717) is 32.9 Å². The third kappa shape index (κ3) is 2.54. The molecule has 112 valence electrons. The molecular formula is C14H10N8S. The highest BCUT2D eigenvalue weighted by molar-refractivity contribution is 7.99. The number of nitrogens with zero attached hydrogens (tertiary/aromatic N) is 7. The van der Waals surface area contributed by atoms with Gasteiger partial charge in [0.15, 0.2) is 16.5 Å². The van der Waals surface area contributed by atoms with Crippen molar-refractivity contribution < 1.29 is 0 Å². The van der Waals surface area contributed by atoms with Crippen molar-refractivity contribution >= 4 is 40.1 Å². The molecule has 0 aliphatic rings. The summed E-state index contributed by atoms with van der Waals surface area (Å²) in [6, 6.07) is 3.17. The molecule has 0 atom stereocenters. The summed E-state index contributed by atoms with van der Waals surface area (Å²) in [5.74, 6) is 0.316. The maximum Gasteiger partial charge on any atom is 0.222 e. The molecule has 2 N–H and O–H groups in total. The molecule has 2 aromatic heterocycles. The van der Waals surface area contributed by atoms with Gasteiger partial charge in [0.25, 0.3) is 0 Å². The lowest BCUT2D eigenvalue weighted by molar-refractivity contribution is 0.793. The Kier molecular flexibility index (Phi) is 3.56. The van der Waals surface area contributed by atoms with E-state index >= 15 is 0 Å². The van der Waals surface area contributed by atoms with Crippen molar-refractivity contribution in [2.75, 3.05) is 5.73 Å². The van der Waals surface area contributed by atoms with Crippen LogP contribution in [-0.2, 0) is 7.05 Å². The summed E-state index contributed by atoms with van der Waals surface area (Å²) in [5.41, 5.74) is 8.07. The van der Waals surface area contributed by atoms with E-state index in [2.05, 4.69) is 29.9 Å². The number of benzene rings is 1. The highest BCUT2D eigenvalue weighted by Crippen LogP contribution is 2.34. The number of rotatable bonds is 2. The first-order valence-electron chi connectivity index (χ1n) is 6.43. The quantitative estimate of drug-likeness (QED) is 0.729. The molecule has 0 unspecified atom stereocenters. The Bertz CT molecular complexity index is 1010. The first-order chi connectivity index (χ1) is 11.0. The molecule has 0 radical (unpaired) electrons. The Morgan fingerprint density at radius 1 is 1.09 bits per heavy atom. The second-order valence-electron chi connectivity index (χ2n) is 4.67. The summed E-state index contributed by atoms with van der Waals surface area (Å²) >= 11 is 1.30. The van der Waals surface area contributed by atoms with Crippen LogP contribution in [0, 0.1) is 20.1 Å². The first-order valence-corrected chi connectivity index (χ1v) is 7.25. The van der Waals surface area contributed by atoms with Crippen molar-refractivity contribution in [3.05, 3.63) is 40.7 Å². The molecule has 0 aliphatic carbocycles. The van der Waals surface area contributed by atoms with Gasteiger partial charge in [-0.05, 0) is 30.8 Å². The summed E-state index contributed by atoms with van der Waals surface area (Å²) in [6.07, 6.45) is 0. The van der Waals surface area contributed by atoms with Crippen molar-refractivity contribution in [1.82, 2.24) is 24.7 Å². The van der Waals surface area contributed by atoms with Crippen LogP contribution in [0.5, 0.6) is 0 Å². The highest BCUT2D eigenvalue weighted by Gasteiger charge is 2.14. The van der Waals surface area contributed by atoms with Crippen molar-refractivity contribution in [3.8, 4) is 0 Å². The molecule has 2 heterocycles. The van der Waals surface area contributed by atoms with Gasteiger partial charge in [-0.3, -0.25) is 19.2 Å². The predicted molar refractivity (Wildman–Crippen MR) is 86.3 cm³/mol. The van der Waals surface area contributed by atoms with Crippen LogP contribution < -0.4 is 5.73 Å². The predicted octanol–water partition coefficient (Wildman–Crippen LogP) is 2.90. The van der Waals surface area contributed by atoms with Gasteiger partial charge in [0.05, 0.1) is 29.9 Å². The van der Waals surface area contributed by atoms with Crippen LogP contribution in [0.15, 0.2) is 22.3 Å². The molecule has 0 amide bonds. The lowest BCUT2D eigenvalue weighted by atomic mass is 10.2. The van der Waals surface area contributed by atoms with E-state index in [1.807, 2.05) is 6.92 Å². The number of hydrogen-bond donors (Lipinski definition) is 1. The molecule has 3 aromatic rings. The maximum absolute atomic E-state index is 7.16. The summed E-state index contributed by atoms with van der Waals surface area (Å²) in [4.78, 5) is 15.7. The molecule has 0 saturated heterocycles. The number of nitrogens with two attached hydrogens (primary N) is 1. The van der Waals surface area contributed by atoms with Gasteiger partial charge in [0.2, 0.25) is 5.95 Å². The fourth-order valence-corrected chi connectivity index (χ4v) is 2.75. The topological polar surface area (TPSA) is 91.2 Å². The number of anilines is 1. The molecule has 3 rings (SSSR count). The molecule has 23 heavy (non-hydrogen) atoms. The van der Waals surface area contributed by atoms with Gasteiger partial charge < -0.3 is 5.73 Å². The normalized spacial score (nSPS) is 10.4. The van der Waals surface area contributed by atoms with E-state index in [1.54, 1.807) is 23.7 Å². The van der Waals surface area contributed by atoms with Crippen LogP contribution in [0.3, 0.4) is 0 Å². The zero-order valence-corrected chi connectivity index (χ0v) is 13.1. The van der Waals surface area contributed by atoms with Gasteiger partial charge in [0, 0.05) is 7.05 Å². The van der Waals surface area contributed by atoms with Crippen molar-refractivity contribution in [1.29, 1.82) is 0 Å². The SMILES string of the molecule is [C-]#[N+]c1cc2nc(C)c(Sc3nnc(N)n3C)nc2cc1[N+]#[C-]. The first kappa shape index (κ1) is 14.8. The van der Waals surface area contributed by atoms with E-state index in [0.717, 1.165) is 0 Å². The maximum atomic E-state index is 7.16. The molecule has 0 bridgehead atoms. The summed E-state index contributed by atoms with van der Waals surface area (Å²) in [6.45, 7) is 16.1. The summed E-state index contributed by atoms with van der Waals surface area (Å²) in [5, 5.41) is 9.04. The van der Waals surface area contributed by atoms with Gasteiger partial charge in [-0.2, -0.15) is 0 Å². The van der Waals surface area contributed by atoms with Crippen molar-refractivity contribution in [3.63, 3.8) is 0 Å². The van der Waals surface area contributed by atoms with E-state index in [1.165, 1.54) is 11.8 Å². The lowest BCUT2D eigenvalue weighted by Crippen LogP contribution is -1.99. The lowest BCUT2D eigenvalue weighted by Gasteiger charge is -2.07. The molecule has 0 fully saturated rings. The van der Waals surface area contributed by atoms with Crippen LogP contribution >= 0.6 is 11.8 Å². The minimum absolute atomic E-state index is 0.268. The summed E-state index contributed by atoms with van der Waals surface area (Å²) < 4.78 is 1.66. The molecule has 8 nitrogen and oxygen atoms in total. The third-order valence-electron chi connectivity index (χ3n) is 3.19. The molecule has 0 saturated carbocycles. The monoisotopic (exact) mass is 322 g/mol. The highest BCUT2D eigenvalue weighted by atomic mass is 32.2. The number of fused-ring (bicyclic) bond motifs is 1. The molecule has 1 aromatic carbocycles. The van der Waals surface area contributed by atoms with Crippen LogP contribution in [-0.4, -0.2) is 24.7 Å². The molecule has 0 aliphatic heterocycles. The zero-order chi connectivity index (χ0) is 16.6. The second kappa shape index (κ2) is 5.55. The Labute approximate surface area is 136 Å². The van der Waals surface area contributed by atoms with Gasteiger partial charge in [0.1, 0.15) is 5.03 Å². The van der Waals surface area contributed by atoms with Crippen molar-refractivity contribution in [2.24, 2.45) is 7.05 Å². The van der Waals surface area contributed by atoms with E-state index in [9.17, 15) is 0 Å². The standard InChI is InChI=1S/C14H10N8S/c1-7-12(23-14-21-20-13(15)22(14)4)19-11-6-9(17-3)8(16-2)5-10(11)18-7/h5-6H,1,4H3,(H2,15,20). The van der Waals surface area contributed by atoms with Crippen LogP contribution in [0.25, 0.3) is 20.7 Å². The van der Waals surface area contributed by atoms with Crippen LogP contribution in [0.2, 0.25) is 0 Å². The molecule has 9 heteroatoms. The van der Waals surface area contributed by atoms with Gasteiger partial charge in [-0.1, -0.05) is 0 Å². The number of aryl methyl sites for hydroxylation is 1. The zero-order valence-electron chi connectivity index (χ0n) is 12.3. The number of aromatic nitrogens is 5. The Morgan fingerprint density at radius 2 is 1.70 bits per heavy atom. The third-order valence-corrected chi connectivity index (χ3v) is 4.31. The van der Waals surface area contributed by atoms with E-state index in [-0.39, 0.29) is 11.4 Å². The Morgan fingerprint density at radius 3 is 2.22 bits per heavy atom. The van der Waals surface area contributed by atoms with Gasteiger partial charge >= 0.3 is 0 Å². The minimum Gasteiger partial charge on any atom is -0.368 e. The second-order valence-corrected chi connectivity index (χ2v) is 5.63. The number of nitrogen functional groups attached to an aromatic ring is 1. The number of hydrogen-bond acceptors (Lipinski definition) is 6. The fourth-order valence-electron chi connectivity index (χ4n) is 1.93. The minimum atomic E-state index is 0.268. The van der Waals surface area contributed by atoms with Gasteiger partial charge in [-0.25, -0.2) is 4.98 Å². The van der Waals surface area contributed by atoms with E-state index < -0.39 is 0 Å². The fraction of sp³-hybridized carbons (Fsp3) is 0.143. The van der Waals surface area contributed by atoms with Crippen molar-refractivity contribution in [2.45, 2.75) is 17.1 Å². The molecule has 0 spiro atoms. The molecular weight excluding hydrogens is 312 g/mol. The van der Waals surface area contributed by atoms with Crippen LogP contribution in [0.4, 0.5) is 17.3 Å². The van der Waals surface area contributed by atoms with E-state index in [4.69, 9.17) is 18.9 Å². The average Bonchev–Trinajstić information content (AvgIpc) is 2.86. The Hall–Kier alpha value is -3.17. The largest absolute Gasteiger partial charge is 0.368 e. The summed E-state index contributed by atoms with van der Waals surface area (Å²) in [7, 11) is 1.76. The smallest absolute Gasteiger partial charge is 0.222 e. The Balaban J connectivity index is 2.12. The average molecular weight is 322 g/mol.